The molecule has 0 unspecified atom stereocenters. The molecule has 108 valence electrons. The first-order valence-electron chi connectivity index (χ1n) is 7.58. The lowest BCUT2D eigenvalue weighted by Gasteiger charge is -2.22. The molecule has 21 heavy (non-hydrogen) atoms. The highest BCUT2D eigenvalue weighted by molar-refractivity contribution is 5.65. The Labute approximate surface area is 124 Å². The van der Waals surface area contributed by atoms with Crippen LogP contribution in [-0.4, -0.2) is 23.6 Å². The minimum absolute atomic E-state index is 0.796. The third-order valence-electron chi connectivity index (χ3n) is 4.40. The van der Waals surface area contributed by atoms with Crippen molar-refractivity contribution in [3.63, 3.8) is 0 Å². The lowest BCUT2D eigenvalue weighted by Crippen LogP contribution is -2.15. The molecule has 1 aromatic carbocycles. The van der Waals surface area contributed by atoms with E-state index < -0.39 is 0 Å². The largest absolute Gasteiger partial charge is 0.493 e. The van der Waals surface area contributed by atoms with Gasteiger partial charge in [0.1, 0.15) is 17.4 Å². The highest BCUT2D eigenvalue weighted by Crippen LogP contribution is 2.35. The van der Waals surface area contributed by atoms with Crippen LogP contribution in [0.1, 0.15) is 29.1 Å². The third-order valence-corrected chi connectivity index (χ3v) is 4.40. The summed E-state index contributed by atoms with van der Waals surface area (Å²) in [6.45, 7) is 2.77. The Morgan fingerprint density at radius 1 is 1.14 bits per heavy atom. The Morgan fingerprint density at radius 3 is 2.95 bits per heavy atom. The Kier molecular flexibility index (Phi) is 2.84. The maximum atomic E-state index is 5.59. The molecule has 0 atom stereocenters. The standard InChI is InChI=1S/C17H19N3O/c1-11-18-15-5-3-4-14(15)17(19-11)20(2)13-6-7-16-12(10-13)8-9-21-16/h6-7,10H,3-5,8-9H2,1-2H3. The summed E-state index contributed by atoms with van der Waals surface area (Å²) >= 11 is 0. The average molecular weight is 281 g/mol. The number of rotatable bonds is 2. The second kappa shape index (κ2) is 4.72. The molecule has 0 amide bonds. The maximum Gasteiger partial charge on any atom is 0.139 e. The Morgan fingerprint density at radius 2 is 2.05 bits per heavy atom. The van der Waals surface area contributed by atoms with Crippen LogP contribution in [0, 0.1) is 6.92 Å². The van der Waals surface area contributed by atoms with Crippen molar-refractivity contribution in [1.82, 2.24) is 9.97 Å². The van der Waals surface area contributed by atoms with Crippen LogP contribution in [0.4, 0.5) is 11.5 Å². The molecule has 2 aromatic rings. The van der Waals surface area contributed by atoms with Gasteiger partial charge in [-0.25, -0.2) is 9.97 Å². The summed E-state index contributed by atoms with van der Waals surface area (Å²) in [5, 5.41) is 0. The smallest absolute Gasteiger partial charge is 0.139 e. The summed E-state index contributed by atoms with van der Waals surface area (Å²) in [5.74, 6) is 2.95. The van der Waals surface area contributed by atoms with Crippen molar-refractivity contribution in [2.24, 2.45) is 0 Å². The number of hydrogen-bond acceptors (Lipinski definition) is 4. The van der Waals surface area contributed by atoms with Crippen molar-refractivity contribution in [1.29, 1.82) is 0 Å². The van der Waals surface area contributed by atoms with E-state index in [-0.39, 0.29) is 0 Å². The van der Waals surface area contributed by atoms with E-state index in [1.807, 2.05) is 6.92 Å². The average Bonchev–Trinajstić information content (AvgIpc) is 3.12. The summed E-state index contributed by atoms with van der Waals surface area (Å²) in [7, 11) is 2.10. The topological polar surface area (TPSA) is 38.2 Å². The first-order valence-corrected chi connectivity index (χ1v) is 7.58. The number of nitrogens with zero attached hydrogens (tertiary/aromatic N) is 3. The van der Waals surface area contributed by atoms with Crippen LogP contribution >= 0.6 is 0 Å². The van der Waals surface area contributed by atoms with Gasteiger partial charge in [0.2, 0.25) is 0 Å². The zero-order valence-electron chi connectivity index (χ0n) is 12.5. The van der Waals surface area contributed by atoms with Crippen LogP contribution in [0.15, 0.2) is 18.2 Å². The molecular formula is C17H19N3O. The zero-order chi connectivity index (χ0) is 14.4. The highest BCUT2D eigenvalue weighted by atomic mass is 16.5. The lowest BCUT2D eigenvalue weighted by molar-refractivity contribution is 0.357. The van der Waals surface area contributed by atoms with Crippen molar-refractivity contribution in [3.8, 4) is 5.75 Å². The number of anilines is 2. The molecule has 0 saturated carbocycles. The molecule has 0 saturated heterocycles. The number of aromatic nitrogens is 2. The monoisotopic (exact) mass is 281 g/mol. The van der Waals surface area contributed by atoms with E-state index in [0.29, 0.717) is 0 Å². The van der Waals surface area contributed by atoms with Gasteiger partial charge in [0.25, 0.3) is 0 Å². The Hall–Kier alpha value is -2.10. The normalized spacial score (nSPS) is 15.5. The van der Waals surface area contributed by atoms with E-state index in [1.165, 1.54) is 28.9 Å². The maximum absolute atomic E-state index is 5.59. The molecule has 4 rings (SSSR count). The summed E-state index contributed by atoms with van der Waals surface area (Å²) in [5.41, 5.74) is 5.02. The number of aryl methyl sites for hydroxylation is 2. The third kappa shape index (κ3) is 2.06. The molecular weight excluding hydrogens is 262 g/mol. The number of benzene rings is 1. The van der Waals surface area contributed by atoms with E-state index >= 15 is 0 Å². The van der Waals surface area contributed by atoms with Gasteiger partial charge >= 0.3 is 0 Å². The Bertz CT molecular complexity index is 711. The Balaban J connectivity index is 1.77. The van der Waals surface area contributed by atoms with Gasteiger partial charge in [0, 0.05) is 30.4 Å². The number of ether oxygens (including phenoxy) is 1. The van der Waals surface area contributed by atoms with E-state index in [4.69, 9.17) is 9.72 Å². The number of hydrogen-bond donors (Lipinski definition) is 0. The van der Waals surface area contributed by atoms with Gasteiger partial charge in [-0.05, 0) is 49.9 Å². The molecule has 2 heterocycles. The van der Waals surface area contributed by atoms with Gasteiger partial charge in [-0.3, -0.25) is 0 Å². The molecule has 1 aromatic heterocycles. The number of fused-ring (bicyclic) bond motifs is 2. The van der Waals surface area contributed by atoms with Gasteiger partial charge in [-0.2, -0.15) is 0 Å². The fourth-order valence-electron chi connectivity index (χ4n) is 3.31. The quantitative estimate of drug-likeness (QED) is 0.848. The summed E-state index contributed by atoms with van der Waals surface area (Å²) < 4.78 is 5.59. The summed E-state index contributed by atoms with van der Waals surface area (Å²) in [6.07, 6.45) is 4.35. The SMILES string of the molecule is Cc1nc2c(c(N(C)c3ccc4c(c3)CCO4)n1)CCC2. The molecule has 4 heteroatoms. The highest BCUT2D eigenvalue weighted by Gasteiger charge is 2.22. The summed E-state index contributed by atoms with van der Waals surface area (Å²) in [4.78, 5) is 11.5. The van der Waals surface area contributed by atoms with Crippen molar-refractivity contribution in [2.45, 2.75) is 32.6 Å². The fraction of sp³-hybridized carbons (Fsp3) is 0.412. The van der Waals surface area contributed by atoms with E-state index in [1.54, 1.807) is 0 Å². The predicted octanol–water partition coefficient (Wildman–Crippen LogP) is 2.98. The van der Waals surface area contributed by atoms with Crippen molar-refractivity contribution < 1.29 is 4.74 Å². The summed E-state index contributed by atoms with van der Waals surface area (Å²) in [6, 6.07) is 6.41. The molecule has 1 aliphatic heterocycles. The van der Waals surface area contributed by atoms with Crippen LogP contribution < -0.4 is 9.64 Å². The van der Waals surface area contributed by atoms with Gasteiger partial charge < -0.3 is 9.64 Å². The van der Waals surface area contributed by atoms with Crippen LogP contribution in [0.5, 0.6) is 5.75 Å². The second-order valence-electron chi connectivity index (χ2n) is 5.82. The molecule has 0 radical (unpaired) electrons. The first kappa shape index (κ1) is 12.6. The van der Waals surface area contributed by atoms with E-state index in [2.05, 4.69) is 35.1 Å². The van der Waals surface area contributed by atoms with Crippen LogP contribution in [0.2, 0.25) is 0 Å². The van der Waals surface area contributed by atoms with E-state index in [0.717, 1.165) is 43.3 Å². The zero-order valence-corrected chi connectivity index (χ0v) is 12.5. The van der Waals surface area contributed by atoms with Crippen LogP contribution in [0.3, 0.4) is 0 Å². The van der Waals surface area contributed by atoms with Crippen molar-refractivity contribution >= 4 is 11.5 Å². The molecule has 0 bridgehead atoms. The lowest BCUT2D eigenvalue weighted by atomic mass is 10.1. The van der Waals surface area contributed by atoms with Crippen molar-refractivity contribution in [3.05, 3.63) is 40.8 Å². The van der Waals surface area contributed by atoms with Gasteiger partial charge in [0.05, 0.1) is 6.61 Å². The molecule has 2 aliphatic rings. The molecule has 0 spiro atoms. The second-order valence-corrected chi connectivity index (χ2v) is 5.82. The van der Waals surface area contributed by atoms with Crippen LogP contribution in [-0.2, 0) is 19.3 Å². The molecule has 1 aliphatic carbocycles. The van der Waals surface area contributed by atoms with Gasteiger partial charge in [-0.15, -0.1) is 0 Å². The van der Waals surface area contributed by atoms with Crippen molar-refractivity contribution in [2.75, 3.05) is 18.6 Å². The fourth-order valence-corrected chi connectivity index (χ4v) is 3.31. The van der Waals surface area contributed by atoms with Crippen LogP contribution in [0.25, 0.3) is 0 Å². The van der Waals surface area contributed by atoms with Gasteiger partial charge in [-0.1, -0.05) is 0 Å². The van der Waals surface area contributed by atoms with E-state index in [9.17, 15) is 0 Å². The van der Waals surface area contributed by atoms with Gasteiger partial charge in [0.15, 0.2) is 0 Å². The minimum atomic E-state index is 0.796. The molecule has 0 fully saturated rings. The molecule has 4 nitrogen and oxygen atoms in total. The first-order chi connectivity index (χ1) is 10.2. The molecule has 0 N–H and O–H groups in total. The minimum Gasteiger partial charge on any atom is -0.493 e. The predicted molar refractivity (Wildman–Crippen MR) is 82.5 cm³/mol.